The summed E-state index contributed by atoms with van der Waals surface area (Å²) < 4.78 is 0. The van der Waals surface area contributed by atoms with Gasteiger partial charge in [0.1, 0.15) is 5.69 Å². The molecule has 2 rings (SSSR count). The van der Waals surface area contributed by atoms with Crippen LogP contribution in [0.4, 0.5) is 0 Å². The number of fused-ring (bicyclic) bond motifs is 1. The molecule has 0 aliphatic heterocycles. The summed E-state index contributed by atoms with van der Waals surface area (Å²) in [7, 11) is 0. The van der Waals surface area contributed by atoms with Crippen LogP contribution in [0.1, 0.15) is 10.5 Å². The van der Waals surface area contributed by atoms with Crippen molar-refractivity contribution in [1.29, 1.82) is 0 Å². The molecular weight excluding hydrogens is 184 g/mol. The van der Waals surface area contributed by atoms with Gasteiger partial charge in [0, 0.05) is 11.6 Å². The smallest absolute Gasteiger partial charge is 0.234 e. The van der Waals surface area contributed by atoms with Crippen molar-refractivity contribution < 1.29 is 4.79 Å². The number of rotatable bonds is 1. The van der Waals surface area contributed by atoms with Crippen molar-refractivity contribution in [2.75, 3.05) is 0 Å². The predicted molar refractivity (Wildman–Crippen MR) is 52.9 cm³/mol. The lowest BCUT2D eigenvalue weighted by Crippen LogP contribution is -1.94. The summed E-state index contributed by atoms with van der Waals surface area (Å²) in [6, 6.07) is 7.16. The Morgan fingerprint density at radius 2 is 2.15 bits per heavy atom. The van der Waals surface area contributed by atoms with Gasteiger partial charge in [-0.2, -0.15) is 0 Å². The molecule has 13 heavy (non-hydrogen) atoms. The number of nitrogens with zero attached hydrogens (tertiary/aromatic N) is 2. The quantitative estimate of drug-likeness (QED) is 0.696. The third kappa shape index (κ3) is 1.53. The van der Waals surface area contributed by atoms with Crippen molar-refractivity contribution in [3.8, 4) is 0 Å². The number of thiol groups is 1. The minimum absolute atomic E-state index is 0.328. The van der Waals surface area contributed by atoms with Crippen LogP contribution < -0.4 is 0 Å². The van der Waals surface area contributed by atoms with Gasteiger partial charge < -0.3 is 0 Å². The fourth-order valence-corrected chi connectivity index (χ4v) is 1.20. The van der Waals surface area contributed by atoms with Gasteiger partial charge in [0.05, 0.1) is 0 Å². The Balaban J connectivity index is 2.69. The van der Waals surface area contributed by atoms with Gasteiger partial charge in [-0.25, -0.2) is 9.97 Å². The van der Waals surface area contributed by atoms with Gasteiger partial charge in [0.25, 0.3) is 0 Å². The van der Waals surface area contributed by atoms with Gasteiger partial charge in [0.15, 0.2) is 5.65 Å². The standard InChI is InChI=1S/C9H6N2OS/c12-9(13)7-4-3-6-2-1-5-10-8(6)11-7/h1-5H,(H,12,13). The lowest BCUT2D eigenvalue weighted by atomic mass is 10.2. The minimum atomic E-state index is -0.340. The third-order valence-corrected chi connectivity index (χ3v) is 1.91. The van der Waals surface area contributed by atoms with Crippen molar-refractivity contribution in [3.63, 3.8) is 0 Å². The second-order valence-corrected chi connectivity index (χ2v) is 2.96. The molecule has 0 aliphatic carbocycles. The summed E-state index contributed by atoms with van der Waals surface area (Å²) >= 11 is 3.68. The number of carbonyl (C=O) groups excluding carboxylic acids is 1. The Hall–Kier alpha value is -1.42. The van der Waals surface area contributed by atoms with Gasteiger partial charge >= 0.3 is 0 Å². The number of carbonyl (C=O) groups is 1. The zero-order valence-corrected chi connectivity index (χ0v) is 7.53. The number of aromatic nitrogens is 2. The van der Waals surface area contributed by atoms with E-state index in [0.29, 0.717) is 11.3 Å². The van der Waals surface area contributed by atoms with Crippen LogP contribution in [0, 0.1) is 0 Å². The second-order valence-electron chi connectivity index (χ2n) is 2.55. The molecule has 0 radical (unpaired) electrons. The Labute approximate surface area is 80.2 Å². The summed E-state index contributed by atoms with van der Waals surface area (Å²) in [5.74, 6) is 0. The van der Waals surface area contributed by atoms with Gasteiger partial charge in [-0.3, -0.25) is 4.79 Å². The first-order valence-corrected chi connectivity index (χ1v) is 4.17. The molecule has 0 fully saturated rings. The van der Waals surface area contributed by atoms with Crippen molar-refractivity contribution in [3.05, 3.63) is 36.2 Å². The Morgan fingerprint density at radius 3 is 2.92 bits per heavy atom. The van der Waals surface area contributed by atoms with Crippen LogP contribution in [0.25, 0.3) is 11.0 Å². The highest BCUT2D eigenvalue weighted by Crippen LogP contribution is 2.09. The van der Waals surface area contributed by atoms with E-state index in [1.54, 1.807) is 18.3 Å². The molecule has 0 unspecified atom stereocenters. The monoisotopic (exact) mass is 190 g/mol. The average Bonchev–Trinajstić information content (AvgIpc) is 2.17. The molecule has 4 heteroatoms. The van der Waals surface area contributed by atoms with Crippen LogP contribution >= 0.6 is 12.6 Å². The molecule has 64 valence electrons. The molecule has 0 saturated heterocycles. The normalized spacial score (nSPS) is 10.2. The zero-order valence-electron chi connectivity index (χ0n) is 6.64. The topological polar surface area (TPSA) is 42.9 Å². The lowest BCUT2D eigenvalue weighted by Gasteiger charge is -1.96. The first-order valence-electron chi connectivity index (χ1n) is 3.72. The highest BCUT2D eigenvalue weighted by atomic mass is 32.1. The first kappa shape index (κ1) is 8.19. The molecule has 0 aromatic carbocycles. The van der Waals surface area contributed by atoms with Crippen molar-refractivity contribution in [2.24, 2.45) is 0 Å². The molecule has 0 amide bonds. The van der Waals surface area contributed by atoms with Gasteiger partial charge in [-0.05, 0) is 24.3 Å². The molecule has 0 atom stereocenters. The van der Waals surface area contributed by atoms with Crippen LogP contribution in [0.15, 0.2) is 30.5 Å². The summed E-state index contributed by atoms with van der Waals surface area (Å²) in [6.45, 7) is 0. The number of pyridine rings is 2. The number of hydrogen-bond acceptors (Lipinski definition) is 3. The number of hydrogen-bond donors (Lipinski definition) is 1. The summed E-state index contributed by atoms with van der Waals surface area (Å²) in [4.78, 5) is 18.9. The molecule has 2 heterocycles. The second kappa shape index (κ2) is 3.14. The summed E-state index contributed by atoms with van der Waals surface area (Å²) in [5, 5.41) is 0.577. The fourth-order valence-electron chi connectivity index (χ4n) is 1.07. The Bertz CT molecular complexity index is 470. The Morgan fingerprint density at radius 1 is 1.31 bits per heavy atom. The molecular formula is C9H6N2OS. The van der Waals surface area contributed by atoms with E-state index in [1.807, 2.05) is 12.1 Å². The molecule has 3 nitrogen and oxygen atoms in total. The molecule has 2 aromatic rings. The SMILES string of the molecule is O=C(S)c1ccc2cccnc2n1. The Kier molecular flexibility index (Phi) is 1.98. The van der Waals surface area contributed by atoms with Gasteiger partial charge in [0.2, 0.25) is 5.12 Å². The van der Waals surface area contributed by atoms with Crippen molar-refractivity contribution in [1.82, 2.24) is 9.97 Å². The molecule has 0 N–H and O–H groups in total. The fraction of sp³-hybridized carbons (Fsp3) is 0. The van der Waals surface area contributed by atoms with E-state index in [1.165, 1.54) is 0 Å². The first-order chi connectivity index (χ1) is 6.27. The predicted octanol–water partition coefficient (Wildman–Crippen LogP) is 1.70. The highest BCUT2D eigenvalue weighted by molar-refractivity contribution is 7.97. The van der Waals surface area contributed by atoms with E-state index in [2.05, 4.69) is 22.6 Å². The van der Waals surface area contributed by atoms with E-state index in [-0.39, 0.29) is 5.12 Å². The van der Waals surface area contributed by atoms with Crippen molar-refractivity contribution in [2.45, 2.75) is 0 Å². The largest absolute Gasteiger partial charge is 0.280 e. The molecule has 0 spiro atoms. The average molecular weight is 190 g/mol. The molecule has 0 aliphatic rings. The van der Waals surface area contributed by atoms with Crippen LogP contribution in [0.3, 0.4) is 0 Å². The van der Waals surface area contributed by atoms with Crippen LogP contribution in [0.2, 0.25) is 0 Å². The van der Waals surface area contributed by atoms with Crippen LogP contribution in [0.5, 0.6) is 0 Å². The van der Waals surface area contributed by atoms with Crippen LogP contribution in [-0.2, 0) is 0 Å². The molecule has 0 bridgehead atoms. The highest BCUT2D eigenvalue weighted by Gasteiger charge is 2.02. The maximum atomic E-state index is 10.9. The third-order valence-electron chi connectivity index (χ3n) is 1.68. The summed E-state index contributed by atoms with van der Waals surface area (Å²) in [5.41, 5.74) is 0.900. The minimum Gasteiger partial charge on any atom is -0.280 e. The zero-order chi connectivity index (χ0) is 9.26. The van der Waals surface area contributed by atoms with Crippen LogP contribution in [-0.4, -0.2) is 15.1 Å². The van der Waals surface area contributed by atoms with E-state index >= 15 is 0 Å². The van der Waals surface area contributed by atoms with E-state index in [0.717, 1.165) is 5.39 Å². The maximum absolute atomic E-state index is 10.9. The maximum Gasteiger partial charge on any atom is 0.234 e. The van der Waals surface area contributed by atoms with E-state index in [4.69, 9.17) is 0 Å². The van der Waals surface area contributed by atoms with Gasteiger partial charge in [-0.15, -0.1) is 0 Å². The summed E-state index contributed by atoms with van der Waals surface area (Å²) in [6.07, 6.45) is 1.64. The van der Waals surface area contributed by atoms with E-state index < -0.39 is 0 Å². The lowest BCUT2D eigenvalue weighted by molar-refractivity contribution is 0.108. The molecule has 0 saturated carbocycles. The van der Waals surface area contributed by atoms with Crippen molar-refractivity contribution >= 4 is 28.8 Å². The molecule has 2 aromatic heterocycles. The van der Waals surface area contributed by atoms with E-state index in [9.17, 15) is 4.79 Å². The van der Waals surface area contributed by atoms with Gasteiger partial charge in [-0.1, -0.05) is 12.6 Å².